The summed E-state index contributed by atoms with van der Waals surface area (Å²) in [5.41, 5.74) is 0. The molecule has 0 aromatic carbocycles. The van der Waals surface area contributed by atoms with E-state index in [1.54, 1.807) is 0 Å². The van der Waals surface area contributed by atoms with Crippen molar-refractivity contribution in [1.82, 2.24) is 0 Å². The second-order valence-corrected chi connectivity index (χ2v) is 13.3. The first-order valence-corrected chi connectivity index (χ1v) is 14.7. The van der Waals surface area contributed by atoms with Crippen molar-refractivity contribution in [1.29, 1.82) is 0 Å². The van der Waals surface area contributed by atoms with Gasteiger partial charge >= 0.3 is 0 Å². The Morgan fingerprint density at radius 3 is 1.40 bits per heavy atom. The lowest BCUT2D eigenvalue weighted by Gasteiger charge is -1.95. The molecule has 5 aromatic rings. The van der Waals surface area contributed by atoms with Crippen molar-refractivity contribution in [2.45, 2.75) is 6.42 Å². The van der Waals surface area contributed by atoms with Gasteiger partial charge in [-0.2, -0.15) is 0 Å². The van der Waals surface area contributed by atoms with Crippen molar-refractivity contribution in [3.63, 3.8) is 0 Å². The SMILES string of the molecule is C1=C(c2ccc(-c3ccc(-c4ccc(-c5ccc(-c6cccs6)s5)s4)s3)s2)SCC1. The lowest BCUT2D eigenvalue weighted by Crippen LogP contribution is -1.65. The molecule has 5 aromatic heterocycles. The van der Waals surface area contributed by atoms with Gasteiger partial charge in [0.25, 0.3) is 0 Å². The second-order valence-electron chi connectivity index (χ2n) is 6.84. The third-order valence-electron chi connectivity index (χ3n) is 4.86. The first-order chi connectivity index (χ1) is 14.8. The van der Waals surface area contributed by atoms with Crippen LogP contribution in [-0.2, 0) is 0 Å². The van der Waals surface area contributed by atoms with E-state index in [0.717, 1.165) is 0 Å². The number of allylic oxidation sites excluding steroid dienone is 1. The van der Waals surface area contributed by atoms with Crippen LogP contribution < -0.4 is 0 Å². The average molecular weight is 497 g/mol. The molecular formula is C24H16S6. The van der Waals surface area contributed by atoms with Gasteiger partial charge in [0.1, 0.15) is 0 Å². The molecule has 148 valence electrons. The molecule has 0 N–H and O–H groups in total. The minimum atomic E-state index is 1.20. The van der Waals surface area contributed by atoms with Gasteiger partial charge in [0.05, 0.1) is 0 Å². The van der Waals surface area contributed by atoms with Crippen LogP contribution in [0.5, 0.6) is 0 Å². The molecule has 6 heteroatoms. The van der Waals surface area contributed by atoms with Crippen LogP contribution in [0.3, 0.4) is 0 Å². The molecule has 0 amide bonds. The predicted octanol–water partition coefficient (Wildman–Crippen LogP) is 10.1. The molecule has 0 radical (unpaired) electrons. The maximum absolute atomic E-state index is 2.38. The average Bonchev–Trinajstić information content (AvgIpc) is 3.62. The number of hydrogen-bond donors (Lipinski definition) is 0. The Morgan fingerprint density at radius 2 is 0.967 bits per heavy atom. The summed E-state index contributed by atoms with van der Waals surface area (Å²) in [5, 5.41) is 2.15. The Kier molecular flexibility index (Phi) is 5.31. The Bertz CT molecular complexity index is 1320. The highest BCUT2D eigenvalue weighted by molar-refractivity contribution is 8.08. The molecule has 0 fully saturated rings. The maximum Gasteiger partial charge on any atom is 0.0449 e. The summed E-state index contributed by atoms with van der Waals surface area (Å²) >= 11 is 11.4. The number of rotatable bonds is 5. The van der Waals surface area contributed by atoms with Crippen molar-refractivity contribution in [2.75, 3.05) is 5.75 Å². The maximum atomic E-state index is 2.38. The molecule has 0 aliphatic carbocycles. The normalized spacial score (nSPS) is 13.8. The van der Waals surface area contributed by atoms with Crippen molar-refractivity contribution in [2.24, 2.45) is 0 Å². The van der Waals surface area contributed by atoms with E-state index < -0.39 is 0 Å². The molecule has 0 unspecified atom stereocenters. The van der Waals surface area contributed by atoms with Crippen molar-refractivity contribution < 1.29 is 0 Å². The van der Waals surface area contributed by atoms with Crippen LogP contribution in [0.2, 0.25) is 0 Å². The van der Waals surface area contributed by atoms with Crippen LogP contribution in [0, 0.1) is 0 Å². The standard InChI is InChI=1S/C24H16S6/c1-3-15(25-13-1)17-5-7-19(27-17)21-9-11-23(29-21)24-12-10-22(30-24)20-8-6-18(28-20)16-4-2-14-26-16/h1,3-13H,2,14H2. The van der Waals surface area contributed by atoms with Gasteiger partial charge < -0.3 is 0 Å². The van der Waals surface area contributed by atoms with E-state index >= 15 is 0 Å². The lowest BCUT2D eigenvalue weighted by molar-refractivity contribution is 1.28. The molecule has 0 saturated carbocycles. The zero-order chi connectivity index (χ0) is 19.9. The highest BCUT2D eigenvalue weighted by Crippen LogP contribution is 2.45. The lowest BCUT2D eigenvalue weighted by atomic mass is 10.3. The summed E-state index contributed by atoms with van der Waals surface area (Å²) < 4.78 is 0. The van der Waals surface area contributed by atoms with E-state index in [9.17, 15) is 0 Å². The fourth-order valence-electron chi connectivity index (χ4n) is 3.42. The quantitative estimate of drug-likeness (QED) is 0.233. The van der Waals surface area contributed by atoms with E-state index in [0.29, 0.717) is 0 Å². The van der Waals surface area contributed by atoms with E-state index in [2.05, 4.69) is 72.1 Å². The third-order valence-corrected chi connectivity index (χ3v) is 12.2. The molecule has 6 heterocycles. The number of thiophene rings is 5. The zero-order valence-electron chi connectivity index (χ0n) is 15.8. The molecule has 0 saturated heterocycles. The highest BCUT2D eigenvalue weighted by Gasteiger charge is 2.14. The summed E-state index contributed by atoms with van der Waals surface area (Å²) in [6.07, 6.45) is 3.58. The van der Waals surface area contributed by atoms with Crippen LogP contribution in [0.25, 0.3) is 43.9 Å². The van der Waals surface area contributed by atoms with E-state index in [1.807, 2.05) is 68.4 Å². The van der Waals surface area contributed by atoms with Crippen LogP contribution in [0.1, 0.15) is 11.3 Å². The second kappa shape index (κ2) is 8.26. The van der Waals surface area contributed by atoms with Gasteiger partial charge in [0.2, 0.25) is 0 Å². The molecule has 1 aliphatic heterocycles. The molecule has 1 aliphatic rings. The molecule has 0 spiro atoms. The minimum absolute atomic E-state index is 1.20. The molecule has 6 rings (SSSR count). The van der Waals surface area contributed by atoms with Gasteiger partial charge in [-0.25, -0.2) is 0 Å². The predicted molar refractivity (Wildman–Crippen MR) is 143 cm³/mol. The summed E-state index contributed by atoms with van der Waals surface area (Å²) in [6, 6.07) is 22.5. The summed E-state index contributed by atoms with van der Waals surface area (Å²) in [6.45, 7) is 0. The summed E-state index contributed by atoms with van der Waals surface area (Å²) in [5.74, 6) is 1.23. The Balaban J connectivity index is 1.24. The minimum Gasteiger partial charge on any atom is -0.143 e. The number of hydrogen-bond acceptors (Lipinski definition) is 6. The monoisotopic (exact) mass is 496 g/mol. The summed E-state index contributed by atoms with van der Waals surface area (Å²) in [4.78, 5) is 13.8. The van der Waals surface area contributed by atoms with E-state index in [1.165, 1.54) is 61.0 Å². The van der Waals surface area contributed by atoms with Crippen LogP contribution in [-0.4, -0.2) is 5.75 Å². The highest BCUT2D eigenvalue weighted by atomic mass is 32.2. The van der Waals surface area contributed by atoms with Crippen molar-refractivity contribution in [3.8, 4) is 39.0 Å². The van der Waals surface area contributed by atoms with Crippen molar-refractivity contribution in [3.05, 3.63) is 77.0 Å². The topological polar surface area (TPSA) is 0 Å². The van der Waals surface area contributed by atoms with E-state index in [-0.39, 0.29) is 0 Å². The van der Waals surface area contributed by atoms with Gasteiger partial charge in [-0.3, -0.25) is 0 Å². The van der Waals surface area contributed by atoms with Gasteiger partial charge in [-0.1, -0.05) is 12.1 Å². The largest absolute Gasteiger partial charge is 0.143 e. The Hall–Kier alpha value is -1.41. The first kappa shape index (κ1) is 19.3. The zero-order valence-corrected chi connectivity index (χ0v) is 20.7. The van der Waals surface area contributed by atoms with E-state index in [4.69, 9.17) is 0 Å². The summed E-state index contributed by atoms with van der Waals surface area (Å²) in [7, 11) is 0. The van der Waals surface area contributed by atoms with Crippen molar-refractivity contribution >= 4 is 73.4 Å². The Labute approximate surface area is 200 Å². The fourth-order valence-corrected chi connectivity index (χ4v) is 9.69. The first-order valence-electron chi connectivity index (χ1n) is 9.61. The van der Waals surface area contributed by atoms with Gasteiger partial charge in [0, 0.05) is 54.6 Å². The third kappa shape index (κ3) is 3.70. The molecule has 0 nitrogen and oxygen atoms in total. The molecular weight excluding hydrogens is 481 g/mol. The van der Waals surface area contributed by atoms with Crippen LogP contribution >= 0.6 is 68.4 Å². The van der Waals surface area contributed by atoms with Gasteiger partial charge in [-0.05, 0) is 66.4 Å². The van der Waals surface area contributed by atoms with Crippen LogP contribution in [0.4, 0.5) is 0 Å². The smallest absolute Gasteiger partial charge is 0.0449 e. The fraction of sp³-hybridized carbons (Fsp3) is 0.0833. The molecule has 0 atom stereocenters. The van der Waals surface area contributed by atoms with Gasteiger partial charge in [-0.15, -0.1) is 68.4 Å². The molecule has 0 bridgehead atoms. The van der Waals surface area contributed by atoms with Gasteiger partial charge in [0.15, 0.2) is 0 Å². The number of thioether (sulfide) groups is 1. The Morgan fingerprint density at radius 1 is 0.500 bits per heavy atom. The molecule has 30 heavy (non-hydrogen) atoms. The van der Waals surface area contributed by atoms with Crippen LogP contribution in [0.15, 0.2) is 72.1 Å².